The molecule has 0 spiro atoms. The van der Waals surface area contributed by atoms with E-state index in [9.17, 15) is 4.79 Å². The topological polar surface area (TPSA) is 57.5 Å². The zero-order valence-corrected chi connectivity index (χ0v) is 4.92. The van der Waals surface area contributed by atoms with E-state index < -0.39 is 5.76 Å². The van der Waals surface area contributed by atoms with Crippen molar-refractivity contribution in [3.63, 3.8) is 0 Å². The van der Waals surface area contributed by atoms with Gasteiger partial charge in [-0.1, -0.05) is 0 Å². The molecule has 0 unspecified atom stereocenters. The Balaban J connectivity index is 2.84. The summed E-state index contributed by atoms with van der Waals surface area (Å²) in [5, 5.41) is 17.5. The first-order valence-corrected chi connectivity index (χ1v) is 2.86. The summed E-state index contributed by atoms with van der Waals surface area (Å²) in [6, 6.07) is 0. The van der Waals surface area contributed by atoms with Gasteiger partial charge in [-0.3, -0.25) is 4.79 Å². The molecule has 1 rings (SSSR count). The minimum Gasteiger partial charge on any atom is -0.508 e. The van der Waals surface area contributed by atoms with Crippen LogP contribution < -0.4 is 0 Å². The lowest BCUT2D eigenvalue weighted by atomic mass is 10.0. The number of Topliss-reactive ketones (excluding diaryl/α,β-unsaturated/α-hetero) is 1. The molecule has 0 amide bonds. The minimum atomic E-state index is -0.443. The molecule has 0 radical (unpaired) electrons. The Labute approximate surface area is 52.6 Å². The third-order valence-electron chi connectivity index (χ3n) is 1.35. The van der Waals surface area contributed by atoms with Crippen molar-refractivity contribution < 1.29 is 15.0 Å². The van der Waals surface area contributed by atoms with Crippen LogP contribution in [0.2, 0.25) is 0 Å². The Bertz CT molecular complexity index is 169. The first-order valence-electron chi connectivity index (χ1n) is 2.86. The highest BCUT2D eigenvalue weighted by Gasteiger charge is 2.18. The molecule has 0 aromatic rings. The Morgan fingerprint density at radius 1 is 1.22 bits per heavy atom. The lowest BCUT2D eigenvalue weighted by Crippen LogP contribution is -2.10. The molecular formula is C6H8O3. The summed E-state index contributed by atoms with van der Waals surface area (Å²) < 4.78 is 0. The fourth-order valence-corrected chi connectivity index (χ4v) is 0.814. The van der Waals surface area contributed by atoms with Gasteiger partial charge in [0.1, 0.15) is 5.76 Å². The highest BCUT2D eigenvalue weighted by atomic mass is 16.3. The van der Waals surface area contributed by atoms with Crippen molar-refractivity contribution in [2.75, 3.05) is 0 Å². The smallest absolute Gasteiger partial charge is 0.200 e. The van der Waals surface area contributed by atoms with E-state index in [-0.39, 0.29) is 11.5 Å². The van der Waals surface area contributed by atoms with E-state index in [1.807, 2.05) is 0 Å². The second-order valence-corrected chi connectivity index (χ2v) is 2.07. The van der Waals surface area contributed by atoms with Gasteiger partial charge in [-0.25, -0.2) is 0 Å². The number of aliphatic hydroxyl groups is 2. The largest absolute Gasteiger partial charge is 0.508 e. The molecule has 0 saturated heterocycles. The number of ketones is 1. The van der Waals surface area contributed by atoms with Gasteiger partial charge in [-0.05, 0) is 6.42 Å². The summed E-state index contributed by atoms with van der Waals surface area (Å²) >= 11 is 0. The van der Waals surface area contributed by atoms with E-state index in [0.717, 1.165) is 0 Å². The number of hydrogen-bond acceptors (Lipinski definition) is 3. The van der Waals surface area contributed by atoms with Crippen LogP contribution in [0, 0.1) is 0 Å². The second-order valence-electron chi connectivity index (χ2n) is 2.07. The summed E-state index contributed by atoms with van der Waals surface area (Å²) in [5.41, 5.74) is 0. The predicted octanol–water partition coefficient (Wildman–Crippen LogP) is 1.07. The van der Waals surface area contributed by atoms with E-state index >= 15 is 0 Å². The average molecular weight is 128 g/mol. The number of aliphatic hydroxyl groups excluding tert-OH is 2. The first kappa shape index (κ1) is 6.13. The van der Waals surface area contributed by atoms with E-state index in [4.69, 9.17) is 10.2 Å². The van der Waals surface area contributed by atoms with E-state index in [0.29, 0.717) is 19.3 Å². The van der Waals surface area contributed by atoms with Crippen LogP contribution in [0.25, 0.3) is 0 Å². The fourth-order valence-electron chi connectivity index (χ4n) is 0.814. The Hall–Kier alpha value is -0.990. The van der Waals surface area contributed by atoms with Gasteiger partial charge >= 0.3 is 0 Å². The lowest BCUT2D eigenvalue weighted by molar-refractivity contribution is -0.119. The van der Waals surface area contributed by atoms with Crippen LogP contribution in [-0.2, 0) is 4.79 Å². The molecule has 3 heteroatoms. The molecule has 0 heterocycles. The van der Waals surface area contributed by atoms with Crippen LogP contribution >= 0.6 is 0 Å². The first-order chi connectivity index (χ1) is 4.22. The number of carbonyl (C=O) groups excluding carboxylic acids is 1. The van der Waals surface area contributed by atoms with Gasteiger partial charge in [0.2, 0.25) is 5.78 Å². The quantitative estimate of drug-likeness (QED) is 0.513. The van der Waals surface area contributed by atoms with E-state index in [1.165, 1.54) is 0 Å². The SMILES string of the molecule is O=C1CCCC(O)=C1O. The van der Waals surface area contributed by atoms with Gasteiger partial charge < -0.3 is 10.2 Å². The summed E-state index contributed by atoms with van der Waals surface area (Å²) in [7, 11) is 0. The van der Waals surface area contributed by atoms with Crippen molar-refractivity contribution >= 4 is 5.78 Å². The summed E-state index contributed by atoms with van der Waals surface area (Å²) in [6.45, 7) is 0. The number of rotatable bonds is 0. The maximum atomic E-state index is 10.5. The normalized spacial score (nSPS) is 20.7. The molecule has 0 aromatic carbocycles. The van der Waals surface area contributed by atoms with Crippen LogP contribution in [0.1, 0.15) is 19.3 Å². The maximum absolute atomic E-state index is 10.5. The van der Waals surface area contributed by atoms with Gasteiger partial charge in [0.25, 0.3) is 0 Å². The van der Waals surface area contributed by atoms with Crippen LogP contribution in [0.4, 0.5) is 0 Å². The molecule has 0 aliphatic heterocycles. The standard InChI is InChI=1S/C6H8O3/c7-4-2-1-3-5(8)6(4)9/h7,9H,1-3H2. The van der Waals surface area contributed by atoms with Crippen LogP contribution in [0.5, 0.6) is 0 Å². The molecule has 50 valence electrons. The van der Waals surface area contributed by atoms with Crippen molar-refractivity contribution in [2.45, 2.75) is 19.3 Å². The third-order valence-corrected chi connectivity index (χ3v) is 1.35. The highest BCUT2D eigenvalue weighted by Crippen LogP contribution is 2.16. The molecule has 1 aliphatic carbocycles. The van der Waals surface area contributed by atoms with Gasteiger partial charge in [-0.15, -0.1) is 0 Å². The Kier molecular flexibility index (Phi) is 1.42. The summed E-state index contributed by atoms with van der Waals surface area (Å²) in [4.78, 5) is 10.5. The Morgan fingerprint density at radius 2 is 1.89 bits per heavy atom. The molecule has 0 aromatic heterocycles. The van der Waals surface area contributed by atoms with Gasteiger partial charge in [-0.2, -0.15) is 0 Å². The van der Waals surface area contributed by atoms with Crippen molar-refractivity contribution in [3.8, 4) is 0 Å². The third kappa shape index (κ3) is 1.04. The molecule has 0 fully saturated rings. The number of carbonyl (C=O) groups is 1. The molecule has 1 aliphatic rings. The van der Waals surface area contributed by atoms with Crippen LogP contribution in [0.3, 0.4) is 0 Å². The van der Waals surface area contributed by atoms with Crippen LogP contribution in [0.15, 0.2) is 11.5 Å². The molecular weight excluding hydrogens is 120 g/mol. The molecule has 0 saturated carbocycles. The summed E-state index contributed by atoms with van der Waals surface area (Å²) in [5.74, 6) is -0.953. The lowest BCUT2D eigenvalue weighted by Gasteiger charge is -2.08. The van der Waals surface area contributed by atoms with E-state index in [1.54, 1.807) is 0 Å². The Morgan fingerprint density at radius 3 is 2.33 bits per heavy atom. The monoisotopic (exact) mass is 128 g/mol. The van der Waals surface area contributed by atoms with Gasteiger partial charge in [0.15, 0.2) is 5.76 Å². The van der Waals surface area contributed by atoms with Crippen LogP contribution in [-0.4, -0.2) is 16.0 Å². The summed E-state index contributed by atoms with van der Waals surface area (Å²) in [6.07, 6.45) is 1.43. The zero-order chi connectivity index (χ0) is 6.85. The average Bonchev–Trinajstić information content (AvgIpc) is 1.83. The predicted molar refractivity (Wildman–Crippen MR) is 31.1 cm³/mol. The van der Waals surface area contributed by atoms with Gasteiger partial charge in [0.05, 0.1) is 0 Å². The zero-order valence-electron chi connectivity index (χ0n) is 4.92. The number of hydrogen-bond donors (Lipinski definition) is 2. The van der Waals surface area contributed by atoms with Crippen molar-refractivity contribution in [3.05, 3.63) is 11.5 Å². The highest BCUT2D eigenvalue weighted by molar-refractivity contribution is 5.94. The van der Waals surface area contributed by atoms with Crippen molar-refractivity contribution in [2.24, 2.45) is 0 Å². The fraction of sp³-hybridized carbons (Fsp3) is 0.500. The number of allylic oxidation sites excluding steroid dienone is 2. The molecule has 2 N–H and O–H groups in total. The maximum Gasteiger partial charge on any atom is 0.200 e. The van der Waals surface area contributed by atoms with Gasteiger partial charge in [0, 0.05) is 12.8 Å². The molecule has 0 bridgehead atoms. The van der Waals surface area contributed by atoms with Crippen molar-refractivity contribution in [1.29, 1.82) is 0 Å². The minimum absolute atomic E-state index is 0.161. The molecule has 3 nitrogen and oxygen atoms in total. The molecule has 0 atom stereocenters. The second kappa shape index (κ2) is 2.09. The molecule has 9 heavy (non-hydrogen) atoms. The van der Waals surface area contributed by atoms with Crippen molar-refractivity contribution in [1.82, 2.24) is 0 Å². The van der Waals surface area contributed by atoms with E-state index in [2.05, 4.69) is 0 Å².